The van der Waals surface area contributed by atoms with Crippen molar-refractivity contribution >= 4 is 11.8 Å². The van der Waals surface area contributed by atoms with E-state index in [0.717, 1.165) is 25.7 Å². The summed E-state index contributed by atoms with van der Waals surface area (Å²) in [6, 6.07) is 0.349. The molecule has 0 aromatic carbocycles. The van der Waals surface area contributed by atoms with Crippen LogP contribution in [-0.4, -0.2) is 40.0 Å². The topological polar surface area (TPSA) is 102 Å². The van der Waals surface area contributed by atoms with Gasteiger partial charge in [-0.1, -0.05) is 0 Å². The largest absolute Gasteiger partial charge is 0.353 e. The summed E-state index contributed by atoms with van der Waals surface area (Å²) in [6.07, 6.45) is 7.21. The molecular weight excluding hydrogens is 270 g/mol. The van der Waals surface area contributed by atoms with E-state index in [2.05, 4.69) is 15.6 Å². The van der Waals surface area contributed by atoms with Gasteiger partial charge in [0, 0.05) is 44.5 Å². The van der Waals surface area contributed by atoms with Crippen molar-refractivity contribution in [3.8, 4) is 0 Å². The highest BCUT2D eigenvalue weighted by atomic mass is 16.2. The van der Waals surface area contributed by atoms with Gasteiger partial charge in [-0.3, -0.25) is 9.59 Å². The molecule has 1 saturated carbocycles. The molecule has 1 aliphatic carbocycles. The van der Waals surface area contributed by atoms with Gasteiger partial charge in [-0.25, -0.2) is 4.98 Å². The van der Waals surface area contributed by atoms with Gasteiger partial charge >= 0.3 is 0 Å². The van der Waals surface area contributed by atoms with E-state index in [1.54, 1.807) is 24.0 Å². The van der Waals surface area contributed by atoms with Gasteiger partial charge in [-0.2, -0.15) is 0 Å². The molecular formula is C14H23N5O2. The second-order valence-corrected chi connectivity index (χ2v) is 5.49. The lowest BCUT2D eigenvalue weighted by molar-refractivity contribution is -0.121. The number of carbonyl (C=O) groups excluding carboxylic acids is 2. The highest BCUT2D eigenvalue weighted by Gasteiger charge is 2.24. The number of carbonyl (C=O) groups is 2. The molecule has 1 aromatic heterocycles. The van der Waals surface area contributed by atoms with E-state index in [9.17, 15) is 9.59 Å². The molecule has 0 atom stereocenters. The monoisotopic (exact) mass is 293 g/mol. The average molecular weight is 293 g/mol. The first-order valence-electron chi connectivity index (χ1n) is 7.37. The molecule has 7 heteroatoms. The zero-order valence-corrected chi connectivity index (χ0v) is 12.3. The van der Waals surface area contributed by atoms with Crippen LogP contribution in [-0.2, 0) is 11.8 Å². The van der Waals surface area contributed by atoms with Crippen LogP contribution in [0.1, 0.15) is 42.7 Å². The van der Waals surface area contributed by atoms with E-state index < -0.39 is 0 Å². The van der Waals surface area contributed by atoms with Crippen LogP contribution in [0.3, 0.4) is 0 Å². The number of nitrogens with one attached hydrogen (secondary N) is 2. The van der Waals surface area contributed by atoms with Gasteiger partial charge in [0.2, 0.25) is 5.91 Å². The maximum atomic E-state index is 12.1. The Morgan fingerprint density at radius 2 is 1.90 bits per heavy atom. The van der Waals surface area contributed by atoms with Crippen molar-refractivity contribution in [3.63, 3.8) is 0 Å². The molecule has 1 heterocycles. The Labute approximate surface area is 124 Å². The Morgan fingerprint density at radius 1 is 1.29 bits per heavy atom. The molecule has 0 saturated heterocycles. The van der Waals surface area contributed by atoms with Crippen molar-refractivity contribution in [2.75, 3.05) is 6.54 Å². The minimum absolute atomic E-state index is 0.0120. The fraction of sp³-hybridized carbons (Fsp3) is 0.643. The Bertz CT molecular complexity index is 491. The van der Waals surface area contributed by atoms with E-state index >= 15 is 0 Å². The van der Waals surface area contributed by atoms with Crippen molar-refractivity contribution in [2.45, 2.75) is 44.2 Å². The van der Waals surface area contributed by atoms with Crippen molar-refractivity contribution in [1.82, 2.24) is 20.2 Å². The highest BCUT2D eigenvalue weighted by Crippen LogP contribution is 2.19. The number of imidazole rings is 1. The van der Waals surface area contributed by atoms with Gasteiger partial charge in [-0.15, -0.1) is 0 Å². The molecule has 0 unspecified atom stereocenters. The number of hydrogen-bond acceptors (Lipinski definition) is 4. The van der Waals surface area contributed by atoms with Gasteiger partial charge in [0.25, 0.3) is 5.91 Å². The number of aromatic nitrogens is 2. The Hall–Kier alpha value is -1.89. The Kier molecular flexibility index (Phi) is 5.32. The lowest BCUT2D eigenvalue weighted by atomic mass is 9.91. The van der Waals surface area contributed by atoms with Crippen molar-refractivity contribution in [2.24, 2.45) is 12.8 Å². The standard InChI is InChI=1S/C14H23N5O2/c1-19-9-8-16-13(19)14(21)18-11-4-2-10(3-5-11)17-12(20)6-7-15/h8-11H,2-7,15H2,1H3,(H,17,20)(H,18,21). The third kappa shape index (κ3) is 4.29. The highest BCUT2D eigenvalue weighted by molar-refractivity contribution is 5.90. The SMILES string of the molecule is Cn1ccnc1C(=O)NC1CCC(NC(=O)CCN)CC1. The van der Waals surface area contributed by atoms with Crippen LogP contribution in [0.2, 0.25) is 0 Å². The summed E-state index contributed by atoms with van der Waals surface area (Å²) in [5, 5.41) is 5.99. The maximum Gasteiger partial charge on any atom is 0.287 e. The molecule has 0 bridgehead atoms. The summed E-state index contributed by atoms with van der Waals surface area (Å²) < 4.78 is 1.70. The van der Waals surface area contributed by atoms with Crippen LogP contribution in [0.5, 0.6) is 0 Å². The molecule has 7 nitrogen and oxygen atoms in total. The van der Waals surface area contributed by atoms with Gasteiger partial charge < -0.3 is 20.9 Å². The first-order chi connectivity index (χ1) is 10.1. The van der Waals surface area contributed by atoms with Crippen molar-refractivity contribution < 1.29 is 9.59 Å². The third-order valence-electron chi connectivity index (χ3n) is 3.82. The molecule has 0 radical (unpaired) electrons. The van der Waals surface area contributed by atoms with Crippen LogP contribution >= 0.6 is 0 Å². The zero-order valence-electron chi connectivity index (χ0n) is 12.3. The number of aryl methyl sites for hydroxylation is 1. The molecule has 1 aliphatic rings. The van der Waals surface area contributed by atoms with Crippen molar-refractivity contribution in [3.05, 3.63) is 18.2 Å². The summed E-state index contributed by atoms with van der Waals surface area (Å²) in [7, 11) is 1.80. The summed E-state index contributed by atoms with van der Waals surface area (Å²) in [5.74, 6) is 0.296. The molecule has 1 aromatic rings. The molecule has 1 fully saturated rings. The van der Waals surface area contributed by atoms with Gasteiger partial charge in [0.05, 0.1) is 0 Å². The second kappa shape index (κ2) is 7.21. The van der Waals surface area contributed by atoms with E-state index in [1.165, 1.54) is 0 Å². The quantitative estimate of drug-likeness (QED) is 0.707. The van der Waals surface area contributed by atoms with Crippen LogP contribution in [0.4, 0.5) is 0 Å². The minimum atomic E-state index is -0.141. The molecule has 2 rings (SSSR count). The van der Waals surface area contributed by atoms with Crippen LogP contribution in [0.15, 0.2) is 12.4 Å². The summed E-state index contributed by atoms with van der Waals surface area (Å²) >= 11 is 0. The van der Waals surface area contributed by atoms with Gasteiger partial charge in [0.1, 0.15) is 0 Å². The van der Waals surface area contributed by atoms with E-state index in [0.29, 0.717) is 18.8 Å². The fourth-order valence-corrected chi connectivity index (χ4v) is 2.65. The van der Waals surface area contributed by atoms with Crippen molar-refractivity contribution in [1.29, 1.82) is 0 Å². The number of rotatable bonds is 5. The van der Waals surface area contributed by atoms with Gasteiger partial charge in [0.15, 0.2) is 5.82 Å². The fourth-order valence-electron chi connectivity index (χ4n) is 2.65. The third-order valence-corrected chi connectivity index (χ3v) is 3.82. The lowest BCUT2D eigenvalue weighted by Crippen LogP contribution is -2.44. The number of amides is 2. The summed E-state index contributed by atoms with van der Waals surface area (Å²) in [5.41, 5.74) is 5.35. The maximum absolute atomic E-state index is 12.1. The van der Waals surface area contributed by atoms with E-state index in [-0.39, 0.29) is 23.9 Å². The van der Waals surface area contributed by atoms with Crippen LogP contribution in [0.25, 0.3) is 0 Å². The van der Waals surface area contributed by atoms with Crippen LogP contribution < -0.4 is 16.4 Å². The normalized spacial score (nSPS) is 21.8. The molecule has 0 spiro atoms. The molecule has 0 aliphatic heterocycles. The number of nitrogens with zero attached hydrogens (tertiary/aromatic N) is 2. The smallest absolute Gasteiger partial charge is 0.287 e. The average Bonchev–Trinajstić information content (AvgIpc) is 2.87. The first kappa shape index (κ1) is 15.5. The molecule has 21 heavy (non-hydrogen) atoms. The Balaban J connectivity index is 1.75. The molecule has 4 N–H and O–H groups in total. The van der Waals surface area contributed by atoms with E-state index in [4.69, 9.17) is 5.73 Å². The number of nitrogens with two attached hydrogens (primary N) is 1. The number of hydrogen-bond donors (Lipinski definition) is 3. The predicted molar refractivity (Wildman–Crippen MR) is 78.5 cm³/mol. The molecule has 2 amide bonds. The lowest BCUT2D eigenvalue weighted by Gasteiger charge is -2.29. The minimum Gasteiger partial charge on any atom is -0.353 e. The predicted octanol–water partition coefficient (Wildman–Crippen LogP) is -0.0739. The van der Waals surface area contributed by atoms with E-state index in [1.807, 2.05) is 0 Å². The Morgan fingerprint density at radius 3 is 2.43 bits per heavy atom. The summed E-state index contributed by atoms with van der Waals surface area (Å²) in [4.78, 5) is 27.6. The zero-order chi connectivity index (χ0) is 15.2. The summed E-state index contributed by atoms with van der Waals surface area (Å²) in [6.45, 7) is 0.376. The molecule has 116 valence electrons. The first-order valence-corrected chi connectivity index (χ1v) is 7.37. The second-order valence-electron chi connectivity index (χ2n) is 5.49. The van der Waals surface area contributed by atoms with Gasteiger partial charge in [-0.05, 0) is 25.7 Å². The van der Waals surface area contributed by atoms with Crippen LogP contribution in [0, 0.1) is 0 Å².